The zero-order chi connectivity index (χ0) is 19.6. The Hall–Kier alpha value is -3.26. The van der Waals surface area contributed by atoms with Crippen LogP contribution < -0.4 is 4.74 Å². The summed E-state index contributed by atoms with van der Waals surface area (Å²) < 4.78 is 6.66. The van der Waals surface area contributed by atoms with Gasteiger partial charge in [-0.05, 0) is 42.7 Å². The molecule has 0 fully saturated rings. The molecule has 0 saturated heterocycles. The number of hydrogen-bond acceptors (Lipinski definition) is 1. The topological polar surface area (TPSA) is 25.0 Å². The summed E-state index contributed by atoms with van der Waals surface area (Å²) in [5.74, 6) is 1.08. The molecule has 1 aliphatic carbocycles. The third-order valence-corrected chi connectivity index (χ3v) is 6.68. The number of allylic oxidation sites excluding steroid dienone is 2. The number of para-hydroxylation sites is 2. The molecule has 142 valence electrons. The van der Waals surface area contributed by atoms with E-state index in [0.717, 1.165) is 12.2 Å². The molecule has 1 aromatic heterocycles. The molecule has 0 amide bonds. The van der Waals surface area contributed by atoms with Gasteiger partial charge in [0, 0.05) is 32.9 Å². The van der Waals surface area contributed by atoms with Crippen molar-refractivity contribution >= 4 is 27.4 Å². The van der Waals surface area contributed by atoms with Crippen LogP contribution in [-0.4, -0.2) is 11.1 Å². The Morgan fingerprint density at radius 3 is 2.72 bits per heavy atom. The fraction of sp³-hybridized carbons (Fsp3) is 0.185. The monoisotopic (exact) mass is 377 g/mol. The molecule has 2 aliphatic rings. The van der Waals surface area contributed by atoms with Gasteiger partial charge in [-0.25, -0.2) is 0 Å². The van der Waals surface area contributed by atoms with Crippen LogP contribution in [0.2, 0.25) is 0 Å². The van der Waals surface area contributed by atoms with Gasteiger partial charge < -0.3 is 9.72 Å². The summed E-state index contributed by atoms with van der Waals surface area (Å²) in [5.41, 5.74) is 7.29. The maximum atomic E-state index is 6.66. The van der Waals surface area contributed by atoms with Crippen molar-refractivity contribution in [3.05, 3.63) is 95.6 Å². The Morgan fingerprint density at radius 2 is 1.83 bits per heavy atom. The SMILES string of the molecule is CCc1cccc2c1OC1C(c3ccc4[nH]c5ccccc5c4c3)=CC=C[C@@]21C. The highest BCUT2D eigenvalue weighted by Crippen LogP contribution is 2.51. The summed E-state index contributed by atoms with van der Waals surface area (Å²) in [7, 11) is 0. The third kappa shape index (κ3) is 2.23. The standard InChI is InChI=1S/C27H23NO/c1-3-17-8-6-11-22-25(17)29-26-19(10-7-15-27(22,26)2)18-13-14-24-21(16-18)20-9-4-5-12-23(20)28-24/h4-16,26,28H,3H2,1-2H3/t26?,27-/m0/s1. The quantitative estimate of drug-likeness (QED) is 0.421. The molecule has 6 rings (SSSR count). The van der Waals surface area contributed by atoms with Crippen LogP contribution in [0.5, 0.6) is 5.75 Å². The van der Waals surface area contributed by atoms with Crippen LogP contribution in [0.25, 0.3) is 27.4 Å². The first-order valence-corrected chi connectivity index (χ1v) is 10.4. The molecule has 1 N–H and O–H groups in total. The van der Waals surface area contributed by atoms with Crippen molar-refractivity contribution in [1.82, 2.24) is 4.98 Å². The summed E-state index contributed by atoms with van der Waals surface area (Å²) in [4.78, 5) is 3.53. The van der Waals surface area contributed by atoms with E-state index in [0.29, 0.717) is 0 Å². The molecule has 0 bridgehead atoms. The van der Waals surface area contributed by atoms with E-state index in [2.05, 4.69) is 97.7 Å². The van der Waals surface area contributed by atoms with Gasteiger partial charge in [-0.15, -0.1) is 0 Å². The molecule has 1 aliphatic heterocycles. The second-order valence-corrected chi connectivity index (χ2v) is 8.34. The van der Waals surface area contributed by atoms with Crippen LogP contribution in [0.1, 0.15) is 30.5 Å². The Balaban J connectivity index is 1.51. The lowest BCUT2D eigenvalue weighted by Gasteiger charge is -2.32. The van der Waals surface area contributed by atoms with Gasteiger partial charge in [0.1, 0.15) is 11.9 Å². The molecule has 4 aromatic rings. The van der Waals surface area contributed by atoms with E-state index in [1.165, 1.54) is 44.1 Å². The van der Waals surface area contributed by atoms with Crippen molar-refractivity contribution in [3.63, 3.8) is 0 Å². The van der Waals surface area contributed by atoms with E-state index in [1.807, 2.05) is 0 Å². The maximum Gasteiger partial charge on any atom is 0.137 e. The largest absolute Gasteiger partial charge is 0.484 e. The Kier molecular flexibility index (Phi) is 3.37. The van der Waals surface area contributed by atoms with Crippen LogP contribution in [0.4, 0.5) is 0 Å². The number of hydrogen-bond donors (Lipinski definition) is 1. The minimum absolute atomic E-state index is 0.00199. The van der Waals surface area contributed by atoms with Gasteiger partial charge in [-0.3, -0.25) is 0 Å². The van der Waals surface area contributed by atoms with Gasteiger partial charge in [0.15, 0.2) is 0 Å². The minimum atomic E-state index is -0.139. The van der Waals surface area contributed by atoms with Crippen LogP contribution >= 0.6 is 0 Å². The average molecular weight is 377 g/mol. The smallest absolute Gasteiger partial charge is 0.137 e. The van der Waals surface area contributed by atoms with Crippen LogP contribution in [0.3, 0.4) is 0 Å². The van der Waals surface area contributed by atoms with E-state index in [1.54, 1.807) is 0 Å². The Labute approximate surface area is 170 Å². The average Bonchev–Trinajstić information content (AvgIpc) is 3.28. The number of benzene rings is 3. The Bertz CT molecular complexity index is 1340. The zero-order valence-corrected chi connectivity index (χ0v) is 16.7. The van der Waals surface area contributed by atoms with Crippen molar-refractivity contribution in [3.8, 4) is 5.75 Å². The lowest BCUT2D eigenvalue weighted by atomic mass is 9.72. The summed E-state index contributed by atoms with van der Waals surface area (Å²) >= 11 is 0. The van der Waals surface area contributed by atoms with Gasteiger partial charge in [0.2, 0.25) is 0 Å². The molecule has 0 spiro atoms. The Morgan fingerprint density at radius 1 is 0.966 bits per heavy atom. The molecule has 2 nitrogen and oxygen atoms in total. The van der Waals surface area contributed by atoms with Gasteiger partial charge in [0.25, 0.3) is 0 Å². The lowest BCUT2D eigenvalue weighted by Crippen LogP contribution is -2.36. The molecule has 29 heavy (non-hydrogen) atoms. The third-order valence-electron chi connectivity index (χ3n) is 6.68. The molecular formula is C27H23NO. The van der Waals surface area contributed by atoms with Crippen molar-refractivity contribution < 1.29 is 4.74 Å². The lowest BCUT2D eigenvalue weighted by molar-refractivity contribution is 0.236. The molecule has 0 saturated carbocycles. The summed E-state index contributed by atoms with van der Waals surface area (Å²) in [5, 5.41) is 2.53. The van der Waals surface area contributed by atoms with E-state index in [9.17, 15) is 0 Å². The molecule has 0 radical (unpaired) electrons. The van der Waals surface area contributed by atoms with Crippen molar-refractivity contribution in [2.75, 3.05) is 0 Å². The number of aromatic amines is 1. The fourth-order valence-corrected chi connectivity index (χ4v) is 5.09. The number of nitrogens with one attached hydrogen (secondary N) is 1. The molecule has 2 heterocycles. The fourth-order valence-electron chi connectivity index (χ4n) is 5.09. The van der Waals surface area contributed by atoms with Crippen molar-refractivity contribution in [1.29, 1.82) is 0 Å². The zero-order valence-electron chi connectivity index (χ0n) is 16.7. The van der Waals surface area contributed by atoms with E-state index >= 15 is 0 Å². The van der Waals surface area contributed by atoms with Crippen molar-refractivity contribution in [2.45, 2.75) is 31.8 Å². The molecule has 1 unspecified atom stereocenters. The minimum Gasteiger partial charge on any atom is -0.484 e. The van der Waals surface area contributed by atoms with Gasteiger partial charge >= 0.3 is 0 Å². The number of ether oxygens (including phenoxy) is 1. The van der Waals surface area contributed by atoms with Crippen LogP contribution in [0, 0.1) is 0 Å². The highest BCUT2D eigenvalue weighted by atomic mass is 16.5. The van der Waals surface area contributed by atoms with E-state index in [-0.39, 0.29) is 11.5 Å². The van der Waals surface area contributed by atoms with Crippen LogP contribution in [0.15, 0.2) is 78.9 Å². The second kappa shape index (κ2) is 5.87. The normalized spacial score (nSPS) is 22.4. The molecule has 3 aromatic carbocycles. The van der Waals surface area contributed by atoms with Gasteiger partial charge in [-0.2, -0.15) is 0 Å². The highest BCUT2D eigenvalue weighted by Gasteiger charge is 2.47. The number of H-pyrrole nitrogens is 1. The van der Waals surface area contributed by atoms with Gasteiger partial charge in [-0.1, -0.05) is 67.6 Å². The number of aromatic nitrogens is 1. The molecule has 2 atom stereocenters. The first-order valence-electron chi connectivity index (χ1n) is 10.4. The highest BCUT2D eigenvalue weighted by molar-refractivity contribution is 6.08. The first kappa shape index (κ1) is 16.7. The van der Waals surface area contributed by atoms with Gasteiger partial charge in [0.05, 0.1) is 5.41 Å². The first-order chi connectivity index (χ1) is 14.2. The van der Waals surface area contributed by atoms with Crippen LogP contribution in [-0.2, 0) is 11.8 Å². The number of aryl methyl sites for hydroxylation is 1. The molecular weight excluding hydrogens is 354 g/mol. The summed E-state index contributed by atoms with van der Waals surface area (Å²) in [6, 6.07) is 21.8. The van der Waals surface area contributed by atoms with E-state index < -0.39 is 0 Å². The van der Waals surface area contributed by atoms with Crippen molar-refractivity contribution in [2.24, 2.45) is 0 Å². The maximum absolute atomic E-state index is 6.66. The molecule has 2 heteroatoms. The predicted octanol–water partition coefficient (Wildman–Crippen LogP) is 6.56. The summed E-state index contributed by atoms with van der Waals surface area (Å²) in [6.07, 6.45) is 7.70. The summed E-state index contributed by atoms with van der Waals surface area (Å²) in [6.45, 7) is 4.50. The number of fused-ring (bicyclic) bond motifs is 6. The second-order valence-electron chi connectivity index (χ2n) is 8.34. The predicted molar refractivity (Wildman–Crippen MR) is 121 cm³/mol. The van der Waals surface area contributed by atoms with E-state index in [4.69, 9.17) is 4.74 Å². The number of rotatable bonds is 2.